The summed E-state index contributed by atoms with van der Waals surface area (Å²) >= 11 is 0. The molecule has 0 aliphatic carbocycles. The molecule has 0 bridgehead atoms. The van der Waals surface area contributed by atoms with Crippen LogP contribution >= 0.6 is 0 Å². The lowest BCUT2D eigenvalue weighted by Crippen LogP contribution is -2.41. The van der Waals surface area contributed by atoms with Crippen molar-refractivity contribution < 1.29 is 14.3 Å². The first kappa shape index (κ1) is 20.3. The van der Waals surface area contributed by atoms with Gasteiger partial charge in [0.25, 0.3) is 0 Å². The number of hydrogen-bond donors (Lipinski definition) is 1. The fourth-order valence-electron chi connectivity index (χ4n) is 4.33. The highest BCUT2D eigenvalue weighted by Gasteiger charge is 2.25. The van der Waals surface area contributed by atoms with Crippen molar-refractivity contribution in [3.05, 3.63) is 96.2 Å². The Morgan fingerprint density at radius 3 is 2.53 bits per heavy atom. The number of morpholine rings is 1. The summed E-state index contributed by atoms with van der Waals surface area (Å²) in [5, 5.41) is 1.14. The molecule has 1 fully saturated rings. The maximum atomic E-state index is 13.2. The Kier molecular flexibility index (Phi) is 5.90. The van der Waals surface area contributed by atoms with E-state index in [9.17, 15) is 4.79 Å². The van der Waals surface area contributed by atoms with E-state index in [0.717, 1.165) is 33.5 Å². The second kappa shape index (κ2) is 9.28. The average Bonchev–Trinajstić information content (AvgIpc) is 3.28. The molecule has 1 N–H and O–H groups in total. The first-order valence-electron chi connectivity index (χ1n) is 11.0. The Hall–Kier alpha value is -3.57. The van der Waals surface area contributed by atoms with E-state index in [-0.39, 0.29) is 11.8 Å². The monoisotopic (exact) mass is 426 g/mol. The van der Waals surface area contributed by atoms with Gasteiger partial charge in [0.15, 0.2) is 0 Å². The number of benzene rings is 3. The minimum Gasteiger partial charge on any atom is -0.457 e. The van der Waals surface area contributed by atoms with Gasteiger partial charge in [-0.1, -0.05) is 48.5 Å². The predicted octanol–water partition coefficient (Wildman–Crippen LogP) is 5.34. The van der Waals surface area contributed by atoms with Crippen molar-refractivity contribution in [1.82, 2.24) is 9.88 Å². The van der Waals surface area contributed by atoms with Crippen molar-refractivity contribution in [2.45, 2.75) is 12.3 Å². The van der Waals surface area contributed by atoms with Gasteiger partial charge in [-0.25, -0.2) is 0 Å². The first-order valence-corrected chi connectivity index (χ1v) is 11.0. The first-order chi connectivity index (χ1) is 15.8. The topological polar surface area (TPSA) is 54.6 Å². The number of aromatic amines is 1. The van der Waals surface area contributed by atoms with Gasteiger partial charge in [-0.3, -0.25) is 4.79 Å². The van der Waals surface area contributed by atoms with Crippen LogP contribution in [0.1, 0.15) is 23.5 Å². The molecule has 0 saturated carbocycles. The lowest BCUT2D eigenvalue weighted by Gasteiger charge is -2.29. The molecule has 1 aliphatic rings. The Bertz CT molecular complexity index is 1200. The molecule has 1 unspecified atom stereocenters. The number of nitrogens with zero attached hydrogens (tertiary/aromatic N) is 1. The fourth-order valence-corrected chi connectivity index (χ4v) is 4.33. The standard InChI is InChI=1S/C27H26N2O3/c30-27(29-13-15-31-16-14-29)18-24(25-19-28-26-12-5-4-11-23(25)26)20-7-6-10-22(17-20)32-21-8-2-1-3-9-21/h1-12,17,19,24,28H,13-16,18H2. The quantitative estimate of drug-likeness (QED) is 0.453. The smallest absolute Gasteiger partial charge is 0.223 e. The second-order valence-corrected chi connectivity index (χ2v) is 8.03. The summed E-state index contributed by atoms with van der Waals surface area (Å²) in [4.78, 5) is 18.5. The molecule has 5 heteroatoms. The molecule has 0 spiro atoms. The molecule has 2 heterocycles. The number of fused-ring (bicyclic) bond motifs is 1. The molecule has 5 nitrogen and oxygen atoms in total. The molecule has 1 aliphatic heterocycles. The number of carbonyl (C=O) groups is 1. The number of carbonyl (C=O) groups excluding carboxylic acids is 1. The van der Waals surface area contributed by atoms with Crippen molar-refractivity contribution in [3.63, 3.8) is 0 Å². The normalized spacial score (nSPS) is 14.9. The Labute approximate surface area is 187 Å². The maximum Gasteiger partial charge on any atom is 0.223 e. The fraction of sp³-hybridized carbons (Fsp3) is 0.222. The van der Waals surface area contributed by atoms with Gasteiger partial charge in [-0.2, -0.15) is 0 Å². The largest absolute Gasteiger partial charge is 0.457 e. The third-order valence-electron chi connectivity index (χ3n) is 5.98. The van der Waals surface area contributed by atoms with E-state index in [1.165, 1.54) is 0 Å². The molecule has 1 saturated heterocycles. The van der Waals surface area contributed by atoms with Gasteiger partial charge >= 0.3 is 0 Å². The van der Waals surface area contributed by atoms with Gasteiger partial charge < -0.3 is 19.4 Å². The molecule has 1 aromatic heterocycles. The van der Waals surface area contributed by atoms with E-state index < -0.39 is 0 Å². The van der Waals surface area contributed by atoms with Crippen LogP contribution in [0.2, 0.25) is 0 Å². The van der Waals surface area contributed by atoms with E-state index in [2.05, 4.69) is 23.2 Å². The summed E-state index contributed by atoms with van der Waals surface area (Å²) in [5.74, 6) is 1.62. The third-order valence-corrected chi connectivity index (χ3v) is 5.98. The van der Waals surface area contributed by atoms with Crippen LogP contribution in [0.3, 0.4) is 0 Å². The van der Waals surface area contributed by atoms with Gasteiger partial charge in [0.1, 0.15) is 11.5 Å². The van der Waals surface area contributed by atoms with Crippen molar-refractivity contribution in [1.29, 1.82) is 0 Å². The van der Waals surface area contributed by atoms with E-state index in [0.29, 0.717) is 32.7 Å². The summed E-state index contributed by atoms with van der Waals surface area (Å²) in [7, 11) is 0. The summed E-state index contributed by atoms with van der Waals surface area (Å²) < 4.78 is 11.5. The number of H-pyrrole nitrogens is 1. The van der Waals surface area contributed by atoms with Gasteiger partial charge in [0.2, 0.25) is 5.91 Å². The average molecular weight is 427 g/mol. The molecule has 4 aromatic rings. The lowest BCUT2D eigenvalue weighted by molar-refractivity contribution is -0.135. The number of aromatic nitrogens is 1. The Morgan fingerprint density at radius 1 is 0.938 bits per heavy atom. The number of hydrogen-bond acceptors (Lipinski definition) is 3. The third kappa shape index (κ3) is 4.39. The van der Waals surface area contributed by atoms with Gasteiger partial charge in [0, 0.05) is 42.5 Å². The van der Waals surface area contributed by atoms with Crippen molar-refractivity contribution in [2.24, 2.45) is 0 Å². The Morgan fingerprint density at radius 2 is 1.69 bits per heavy atom. The van der Waals surface area contributed by atoms with Crippen LogP contribution in [0.15, 0.2) is 85.1 Å². The summed E-state index contributed by atoms with van der Waals surface area (Å²) in [6.45, 7) is 2.50. The predicted molar refractivity (Wildman–Crippen MR) is 125 cm³/mol. The lowest BCUT2D eigenvalue weighted by atomic mass is 9.87. The number of amides is 1. The molecular formula is C27H26N2O3. The van der Waals surface area contributed by atoms with E-state index in [4.69, 9.17) is 9.47 Å². The SMILES string of the molecule is O=C(CC(c1cccc(Oc2ccccc2)c1)c1c[nH]c2ccccc12)N1CCOCC1. The van der Waals surface area contributed by atoms with Crippen LogP contribution in [0, 0.1) is 0 Å². The molecule has 162 valence electrons. The van der Waals surface area contributed by atoms with E-state index in [1.807, 2.05) is 71.8 Å². The zero-order valence-electron chi connectivity index (χ0n) is 17.9. The van der Waals surface area contributed by atoms with Crippen LogP contribution < -0.4 is 4.74 Å². The van der Waals surface area contributed by atoms with Gasteiger partial charge in [-0.05, 0) is 41.5 Å². The summed E-state index contributed by atoms with van der Waals surface area (Å²) in [5.41, 5.74) is 3.26. The molecule has 1 atom stereocenters. The van der Waals surface area contributed by atoms with Crippen LogP contribution in [0.25, 0.3) is 10.9 Å². The Balaban J connectivity index is 1.49. The molecule has 32 heavy (non-hydrogen) atoms. The number of para-hydroxylation sites is 2. The maximum absolute atomic E-state index is 13.2. The van der Waals surface area contributed by atoms with E-state index in [1.54, 1.807) is 0 Å². The molecule has 3 aromatic carbocycles. The van der Waals surface area contributed by atoms with Crippen LogP contribution in [0.5, 0.6) is 11.5 Å². The number of ether oxygens (including phenoxy) is 2. The van der Waals surface area contributed by atoms with Gasteiger partial charge in [-0.15, -0.1) is 0 Å². The minimum atomic E-state index is -0.0826. The highest BCUT2D eigenvalue weighted by atomic mass is 16.5. The second-order valence-electron chi connectivity index (χ2n) is 8.03. The summed E-state index contributed by atoms with van der Waals surface area (Å²) in [6.07, 6.45) is 2.43. The zero-order valence-corrected chi connectivity index (χ0v) is 17.9. The minimum absolute atomic E-state index is 0.0826. The molecular weight excluding hydrogens is 400 g/mol. The molecule has 1 amide bonds. The highest BCUT2D eigenvalue weighted by Crippen LogP contribution is 2.36. The van der Waals surface area contributed by atoms with Crippen LogP contribution in [0.4, 0.5) is 0 Å². The van der Waals surface area contributed by atoms with Crippen LogP contribution in [-0.4, -0.2) is 42.1 Å². The number of nitrogens with one attached hydrogen (secondary N) is 1. The van der Waals surface area contributed by atoms with Crippen molar-refractivity contribution in [3.8, 4) is 11.5 Å². The van der Waals surface area contributed by atoms with Crippen LogP contribution in [-0.2, 0) is 9.53 Å². The zero-order chi connectivity index (χ0) is 21.8. The van der Waals surface area contributed by atoms with Crippen molar-refractivity contribution in [2.75, 3.05) is 26.3 Å². The van der Waals surface area contributed by atoms with Crippen molar-refractivity contribution >= 4 is 16.8 Å². The van der Waals surface area contributed by atoms with Gasteiger partial charge in [0.05, 0.1) is 13.2 Å². The molecule has 5 rings (SSSR count). The number of rotatable bonds is 6. The highest BCUT2D eigenvalue weighted by molar-refractivity contribution is 5.86. The summed E-state index contributed by atoms with van der Waals surface area (Å²) in [6, 6.07) is 26.0. The van der Waals surface area contributed by atoms with E-state index >= 15 is 0 Å². The molecule has 0 radical (unpaired) electrons.